The third-order valence-electron chi connectivity index (χ3n) is 1.91. The number of aromatic nitrogens is 1. The van der Waals surface area contributed by atoms with Crippen molar-refractivity contribution in [2.24, 2.45) is 5.10 Å². The molecule has 2 rings (SSSR count). The lowest BCUT2D eigenvalue weighted by atomic mass is 10.4. The number of nitrogens with zero attached hydrogens (tertiary/aromatic N) is 2. The van der Waals surface area contributed by atoms with Crippen LogP contribution in [0.25, 0.3) is 0 Å². The van der Waals surface area contributed by atoms with Gasteiger partial charge in [-0.15, -0.1) is 11.3 Å². The minimum atomic E-state index is -1.73. The maximum Gasteiger partial charge on any atom is 0.254 e. The molecule has 2 heterocycles. The molecule has 18 heavy (non-hydrogen) atoms. The van der Waals surface area contributed by atoms with Gasteiger partial charge in [0.15, 0.2) is 0 Å². The number of rotatable bonds is 3. The van der Waals surface area contributed by atoms with E-state index in [9.17, 15) is 17.6 Å². The number of thiophene rings is 1. The number of halogens is 4. The van der Waals surface area contributed by atoms with Gasteiger partial charge in [0.05, 0.1) is 6.21 Å². The summed E-state index contributed by atoms with van der Waals surface area (Å²) in [7, 11) is 0. The topological polar surface area (TPSA) is 37.3 Å². The van der Waals surface area contributed by atoms with Crippen LogP contribution in [0, 0.1) is 23.5 Å². The molecule has 0 bridgehead atoms. The molecule has 0 aliphatic heterocycles. The first-order valence-corrected chi connectivity index (χ1v) is 5.50. The van der Waals surface area contributed by atoms with Gasteiger partial charge in [-0.1, -0.05) is 6.07 Å². The van der Waals surface area contributed by atoms with Crippen molar-refractivity contribution in [2.45, 2.75) is 0 Å². The van der Waals surface area contributed by atoms with Gasteiger partial charge in [-0.3, -0.25) is 5.43 Å². The van der Waals surface area contributed by atoms with E-state index in [2.05, 4.69) is 10.1 Å². The van der Waals surface area contributed by atoms with E-state index in [1.807, 2.05) is 5.43 Å². The molecule has 0 fully saturated rings. The maximum absolute atomic E-state index is 13.1. The normalized spacial score (nSPS) is 11.1. The van der Waals surface area contributed by atoms with Crippen molar-refractivity contribution in [1.82, 2.24) is 4.98 Å². The highest BCUT2D eigenvalue weighted by molar-refractivity contribution is 7.11. The smallest absolute Gasteiger partial charge is 0.254 e. The molecule has 2 aromatic heterocycles. The number of anilines is 1. The molecule has 0 amide bonds. The Morgan fingerprint density at radius 1 is 1.17 bits per heavy atom. The molecule has 2 aromatic rings. The fourth-order valence-corrected chi connectivity index (χ4v) is 1.70. The van der Waals surface area contributed by atoms with Crippen molar-refractivity contribution in [3.05, 3.63) is 45.9 Å². The summed E-state index contributed by atoms with van der Waals surface area (Å²) >= 11 is 1.34. The van der Waals surface area contributed by atoms with Crippen LogP contribution in [0.5, 0.6) is 0 Å². The summed E-state index contributed by atoms with van der Waals surface area (Å²) in [6, 6.07) is 3.45. The SMILES string of the molecule is Fc1nc(F)c(F)c(N/N=C\c2cccs2)c1F. The molecular weight excluding hydrogens is 270 g/mol. The van der Waals surface area contributed by atoms with Gasteiger partial charge in [0.1, 0.15) is 5.69 Å². The number of hydrazone groups is 1. The molecule has 0 aliphatic rings. The standard InChI is InChI=1S/C10H5F4N3S/c11-6-8(7(12)10(14)16-9(6)13)17-15-4-5-2-1-3-18-5/h1-4H,(H,16,17)/b15-4-. The zero-order valence-corrected chi connectivity index (χ0v) is 9.44. The molecule has 0 aliphatic carbocycles. The molecule has 8 heteroatoms. The van der Waals surface area contributed by atoms with Crippen molar-refractivity contribution < 1.29 is 17.6 Å². The zero-order valence-electron chi connectivity index (χ0n) is 8.62. The van der Waals surface area contributed by atoms with Gasteiger partial charge in [-0.2, -0.15) is 27.6 Å². The van der Waals surface area contributed by atoms with Gasteiger partial charge in [-0.05, 0) is 11.4 Å². The molecular formula is C10H5F4N3S. The van der Waals surface area contributed by atoms with Crippen LogP contribution in [0.2, 0.25) is 0 Å². The highest BCUT2D eigenvalue weighted by Gasteiger charge is 2.20. The van der Waals surface area contributed by atoms with E-state index < -0.39 is 29.2 Å². The third-order valence-corrected chi connectivity index (χ3v) is 2.72. The Hall–Kier alpha value is -1.96. The largest absolute Gasteiger partial charge is 0.272 e. The van der Waals surface area contributed by atoms with Crippen molar-refractivity contribution in [3.8, 4) is 0 Å². The van der Waals surface area contributed by atoms with Crippen LogP contribution in [0.15, 0.2) is 22.6 Å². The number of hydrogen-bond donors (Lipinski definition) is 1. The highest BCUT2D eigenvalue weighted by atomic mass is 32.1. The summed E-state index contributed by atoms with van der Waals surface area (Å²) < 4.78 is 51.7. The zero-order chi connectivity index (χ0) is 13.1. The van der Waals surface area contributed by atoms with Crippen LogP contribution in [0.4, 0.5) is 23.2 Å². The Morgan fingerprint density at radius 2 is 1.83 bits per heavy atom. The second-order valence-corrected chi connectivity index (χ2v) is 4.06. The Morgan fingerprint density at radius 3 is 2.39 bits per heavy atom. The molecule has 0 atom stereocenters. The molecule has 3 nitrogen and oxygen atoms in total. The van der Waals surface area contributed by atoms with Crippen molar-refractivity contribution in [3.63, 3.8) is 0 Å². The highest BCUT2D eigenvalue weighted by Crippen LogP contribution is 2.21. The summed E-state index contributed by atoms with van der Waals surface area (Å²) in [4.78, 5) is 3.12. The van der Waals surface area contributed by atoms with Gasteiger partial charge < -0.3 is 0 Å². The number of hydrogen-bond acceptors (Lipinski definition) is 4. The van der Waals surface area contributed by atoms with Crippen LogP contribution >= 0.6 is 11.3 Å². The van der Waals surface area contributed by atoms with E-state index in [0.29, 0.717) is 4.88 Å². The van der Waals surface area contributed by atoms with Gasteiger partial charge in [0.2, 0.25) is 11.6 Å². The van der Waals surface area contributed by atoms with Gasteiger partial charge in [-0.25, -0.2) is 0 Å². The van der Waals surface area contributed by atoms with Crippen LogP contribution in [0.3, 0.4) is 0 Å². The lowest BCUT2D eigenvalue weighted by Gasteiger charge is -2.04. The maximum atomic E-state index is 13.1. The first kappa shape index (κ1) is 12.5. The summed E-state index contributed by atoms with van der Waals surface area (Å²) in [5.41, 5.74) is 0.887. The predicted molar refractivity (Wildman–Crippen MR) is 59.6 cm³/mol. The van der Waals surface area contributed by atoms with E-state index in [1.165, 1.54) is 17.6 Å². The average Bonchev–Trinajstić information content (AvgIpc) is 2.84. The van der Waals surface area contributed by atoms with E-state index in [1.54, 1.807) is 17.5 Å². The Balaban J connectivity index is 2.24. The molecule has 0 saturated heterocycles. The molecule has 0 spiro atoms. The average molecular weight is 275 g/mol. The number of nitrogens with one attached hydrogen (secondary N) is 1. The minimum absolute atomic E-state index is 0.707. The molecule has 0 saturated carbocycles. The van der Waals surface area contributed by atoms with E-state index in [0.717, 1.165) is 0 Å². The number of pyridine rings is 1. The summed E-state index contributed by atoms with van der Waals surface area (Å²) in [5, 5.41) is 5.25. The third kappa shape index (κ3) is 2.48. The molecule has 0 aromatic carbocycles. The lowest BCUT2D eigenvalue weighted by Crippen LogP contribution is -2.05. The fraction of sp³-hybridized carbons (Fsp3) is 0. The van der Waals surface area contributed by atoms with Gasteiger partial charge >= 0.3 is 0 Å². The molecule has 1 N–H and O–H groups in total. The Bertz CT molecular complexity index is 557. The van der Waals surface area contributed by atoms with Gasteiger partial charge in [0.25, 0.3) is 11.9 Å². The second kappa shape index (κ2) is 5.13. The van der Waals surface area contributed by atoms with Crippen molar-refractivity contribution in [2.75, 3.05) is 5.43 Å². The monoisotopic (exact) mass is 275 g/mol. The van der Waals surface area contributed by atoms with E-state index in [4.69, 9.17) is 0 Å². The quantitative estimate of drug-likeness (QED) is 0.404. The molecule has 0 unspecified atom stereocenters. The summed E-state index contributed by atoms with van der Waals surface area (Å²) in [6.45, 7) is 0. The predicted octanol–water partition coefficient (Wildman–Crippen LogP) is 3.15. The Labute approximate surface area is 103 Å². The molecule has 0 radical (unpaired) electrons. The Kier molecular flexibility index (Phi) is 3.56. The van der Waals surface area contributed by atoms with Crippen molar-refractivity contribution in [1.29, 1.82) is 0 Å². The first-order valence-electron chi connectivity index (χ1n) is 4.62. The summed E-state index contributed by atoms with van der Waals surface area (Å²) in [5.74, 6) is -6.72. The van der Waals surface area contributed by atoms with Gasteiger partial charge in [0, 0.05) is 4.88 Å². The van der Waals surface area contributed by atoms with Crippen LogP contribution in [0.1, 0.15) is 4.88 Å². The second-order valence-electron chi connectivity index (χ2n) is 3.08. The van der Waals surface area contributed by atoms with Crippen LogP contribution < -0.4 is 5.43 Å². The first-order chi connectivity index (χ1) is 8.59. The van der Waals surface area contributed by atoms with E-state index >= 15 is 0 Å². The van der Waals surface area contributed by atoms with Crippen molar-refractivity contribution >= 4 is 23.2 Å². The molecule has 94 valence electrons. The van der Waals surface area contributed by atoms with Crippen LogP contribution in [-0.2, 0) is 0 Å². The summed E-state index contributed by atoms with van der Waals surface area (Å²) in [6.07, 6.45) is 1.26. The van der Waals surface area contributed by atoms with Crippen LogP contribution in [-0.4, -0.2) is 11.2 Å². The fourth-order valence-electron chi connectivity index (χ4n) is 1.11. The minimum Gasteiger partial charge on any atom is -0.272 e. The van der Waals surface area contributed by atoms with E-state index in [-0.39, 0.29) is 0 Å². The lowest BCUT2D eigenvalue weighted by molar-refractivity contribution is 0.411.